The highest BCUT2D eigenvalue weighted by Crippen LogP contribution is 2.40. The Hall–Kier alpha value is -4.73. The number of piperidine rings is 1. The lowest BCUT2D eigenvalue weighted by Gasteiger charge is -2.33. The van der Waals surface area contributed by atoms with Gasteiger partial charge in [0.05, 0.1) is 29.2 Å². The van der Waals surface area contributed by atoms with Crippen molar-refractivity contribution in [3.63, 3.8) is 0 Å². The van der Waals surface area contributed by atoms with E-state index in [-0.39, 0.29) is 42.5 Å². The van der Waals surface area contributed by atoms with Crippen molar-refractivity contribution in [2.45, 2.75) is 44.8 Å². The number of sulfonamides is 1. The number of carbonyl (C=O) groups is 1. The molecule has 0 aliphatic carbocycles. The third-order valence-electron chi connectivity index (χ3n) is 7.27. The number of ether oxygens (including phenoxy) is 1. The molecule has 11 nitrogen and oxygen atoms in total. The van der Waals surface area contributed by atoms with Gasteiger partial charge in [0, 0.05) is 48.6 Å². The molecule has 4 aromatic rings. The average molecular weight is 663 g/mol. The fourth-order valence-electron chi connectivity index (χ4n) is 5.04. The van der Waals surface area contributed by atoms with Crippen LogP contribution in [0, 0.1) is 12.7 Å². The number of likely N-dealkylation sites (tertiary alicyclic amines) is 1. The van der Waals surface area contributed by atoms with Crippen LogP contribution < -0.4 is 14.8 Å². The monoisotopic (exact) mass is 662 g/mol. The molecule has 0 radical (unpaired) electrons. The third kappa shape index (κ3) is 7.73. The summed E-state index contributed by atoms with van der Waals surface area (Å²) in [6.45, 7) is 2.17. The van der Waals surface area contributed by atoms with E-state index in [1.54, 1.807) is 31.2 Å². The van der Waals surface area contributed by atoms with Crippen LogP contribution >= 0.6 is 0 Å². The number of carboxylic acid groups (broad SMARTS) is 1. The summed E-state index contributed by atoms with van der Waals surface area (Å²) >= 11 is 0. The Kier molecular flexibility index (Phi) is 9.19. The third-order valence-corrected chi connectivity index (χ3v) is 8.53. The largest absolute Gasteiger partial charge is 0.465 e. The van der Waals surface area contributed by atoms with Gasteiger partial charge in [-0.25, -0.2) is 45.7 Å². The molecule has 2 aromatic carbocycles. The first-order valence-corrected chi connectivity index (χ1v) is 15.8. The van der Waals surface area contributed by atoms with Crippen LogP contribution in [-0.4, -0.2) is 76.4 Å². The van der Waals surface area contributed by atoms with Gasteiger partial charge in [0.2, 0.25) is 27.8 Å². The zero-order valence-electron chi connectivity index (χ0n) is 24.7. The molecule has 3 heterocycles. The number of fused-ring (bicyclic) bond motifs is 1. The predicted molar refractivity (Wildman–Crippen MR) is 163 cm³/mol. The lowest BCUT2D eigenvalue weighted by Crippen LogP contribution is -2.49. The molecule has 46 heavy (non-hydrogen) atoms. The van der Waals surface area contributed by atoms with Crippen molar-refractivity contribution in [1.82, 2.24) is 19.9 Å². The number of benzene rings is 2. The minimum absolute atomic E-state index is 0.0504. The molecule has 2 atom stereocenters. The van der Waals surface area contributed by atoms with Gasteiger partial charge in [-0.2, -0.15) is 0 Å². The van der Waals surface area contributed by atoms with Crippen molar-refractivity contribution < 1.29 is 40.6 Å². The second-order valence-electron chi connectivity index (χ2n) is 11.1. The van der Waals surface area contributed by atoms with Gasteiger partial charge in [-0.1, -0.05) is 12.1 Å². The number of amides is 1. The molecule has 0 unspecified atom stereocenters. The maximum absolute atomic E-state index is 15.0. The molecule has 5 rings (SSSR count). The van der Waals surface area contributed by atoms with E-state index >= 15 is 0 Å². The summed E-state index contributed by atoms with van der Waals surface area (Å²) in [6.07, 6.45) is -0.501. The van der Waals surface area contributed by atoms with Gasteiger partial charge in [-0.05, 0) is 49.7 Å². The number of anilines is 2. The summed E-state index contributed by atoms with van der Waals surface area (Å²) in [5.74, 6) is -4.58. The normalized spacial score (nSPS) is 17.1. The maximum Gasteiger partial charge on any atom is 0.407 e. The van der Waals surface area contributed by atoms with Crippen LogP contribution in [0.15, 0.2) is 54.9 Å². The van der Waals surface area contributed by atoms with Gasteiger partial charge in [0.15, 0.2) is 0 Å². The summed E-state index contributed by atoms with van der Waals surface area (Å²) in [4.78, 5) is 25.4. The maximum atomic E-state index is 15.0. The van der Waals surface area contributed by atoms with Gasteiger partial charge in [0.25, 0.3) is 0 Å². The molecule has 2 aromatic heterocycles. The summed E-state index contributed by atoms with van der Waals surface area (Å²) in [7, 11) is -4.33. The van der Waals surface area contributed by atoms with E-state index in [1.165, 1.54) is 24.5 Å². The Morgan fingerprint density at radius 3 is 2.61 bits per heavy atom. The van der Waals surface area contributed by atoms with Crippen molar-refractivity contribution in [2.24, 2.45) is 0 Å². The van der Waals surface area contributed by atoms with Crippen LogP contribution in [0.25, 0.3) is 22.0 Å². The minimum atomic E-state index is -4.33. The fraction of sp³-hybridized carbons (Fsp3) is 0.333. The van der Waals surface area contributed by atoms with E-state index in [0.29, 0.717) is 29.1 Å². The van der Waals surface area contributed by atoms with E-state index in [2.05, 4.69) is 25.0 Å². The standard InChI is InChI=1S/C30H30F4N6O5S/c1-17-5-6-20-21(7-8-23(32)25(20)39-46(43,44)13-10-30(2,33)34)26(17)45-27-22(4-3-11-35-27)24-9-12-36-28(38-24)37-19-14-18(31)15-40(16-19)29(41)42/h3-9,11-12,18-19,39H,10,13-16H2,1-2H3,(H,41,42)(H,36,37,38)/t18-,19-/m0/s1. The predicted octanol–water partition coefficient (Wildman–Crippen LogP) is 6.22. The molecular weight excluding hydrogens is 632 g/mol. The second kappa shape index (κ2) is 12.9. The molecule has 1 amide bonds. The molecule has 244 valence electrons. The number of hydrogen-bond donors (Lipinski definition) is 3. The van der Waals surface area contributed by atoms with Crippen molar-refractivity contribution in [2.75, 3.05) is 28.9 Å². The first-order chi connectivity index (χ1) is 21.7. The van der Waals surface area contributed by atoms with Gasteiger partial charge >= 0.3 is 6.09 Å². The molecule has 0 bridgehead atoms. The lowest BCUT2D eigenvalue weighted by atomic mass is 10.0. The molecule has 16 heteroatoms. The second-order valence-corrected chi connectivity index (χ2v) is 12.9. The number of aromatic nitrogens is 3. The number of aryl methyl sites for hydroxylation is 1. The summed E-state index contributed by atoms with van der Waals surface area (Å²) in [5.41, 5.74) is 0.982. The highest BCUT2D eigenvalue weighted by atomic mass is 32.2. The van der Waals surface area contributed by atoms with Crippen molar-refractivity contribution in [1.29, 1.82) is 0 Å². The molecule has 1 saturated heterocycles. The lowest BCUT2D eigenvalue weighted by molar-refractivity contribution is 0.0189. The van der Waals surface area contributed by atoms with Crippen LogP contribution in [0.3, 0.4) is 0 Å². The van der Waals surface area contributed by atoms with Crippen molar-refractivity contribution in [3.8, 4) is 22.9 Å². The van der Waals surface area contributed by atoms with Crippen LogP contribution in [0.2, 0.25) is 0 Å². The summed E-state index contributed by atoms with van der Waals surface area (Å²) in [5, 5.41) is 12.8. The first kappa shape index (κ1) is 32.7. The smallest absolute Gasteiger partial charge is 0.407 e. The number of alkyl halides is 3. The van der Waals surface area contributed by atoms with Crippen LogP contribution in [0.4, 0.5) is 34.0 Å². The first-order valence-electron chi connectivity index (χ1n) is 14.1. The minimum Gasteiger partial charge on any atom is -0.465 e. The van der Waals surface area contributed by atoms with E-state index in [9.17, 15) is 35.9 Å². The summed E-state index contributed by atoms with van der Waals surface area (Å²) in [6, 6.07) is 9.89. The number of nitrogens with zero attached hydrogens (tertiary/aromatic N) is 4. The average Bonchev–Trinajstić information content (AvgIpc) is 2.99. The molecule has 0 saturated carbocycles. The number of pyridine rings is 1. The van der Waals surface area contributed by atoms with E-state index in [4.69, 9.17) is 4.74 Å². The van der Waals surface area contributed by atoms with Gasteiger partial charge in [-0.15, -0.1) is 0 Å². The van der Waals surface area contributed by atoms with Crippen LogP contribution in [0.5, 0.6) is 11.6 Å². The molecule has 3 N–H and O–H groups in total. The Morgan fingerprint density at radius 1 is 1.11 bits per heavy atom. The molecule has 1 aliphatic rings. The van der Waals surface area contributed by atoms with Gasteiger partial charge in [0.1, 0.15) is 17.7 Å². The zero-order valence-corrected chi connectivity index (χ0v) is 25.5. The van der Waals surface area contributed by atoms with Crippen molar-refractivity contribution >= 4 is 38.5 Å². The highest BCUT2D eigenvalue weighted by molar-refractivity contribution is 7.92. The van der Waals surface area contributed by atoms with E-state index < -0.39 is 57.9 Å². The number of rotatable bonds is 10. The van der Waals surface area contributed by atoms with Gasteiger partial charge < -0.3 is 20.1 Å². The Morgan fingerprint density at radius 2 is 1.87 bits per heavy atom. The number of halogens is 4. The fourth-order valence-corrected chi connectivity index (χ4v) is 6.29. The Bertz CT molecular complexity index is 1870. The van der Waals surface area contributed by atoms with E-state index in [0.717, 1.165) is 11.0 Å². The number of hydrogen-bond acceptors (Lipinski definition) is 8. The molecule has 1 fully saturated rings. The SMILES string of the molecule is Cc1ccc2c(NS(=O)(=O)CCC(C)(F)F)c(F)ccc2c1Oc1ncccc1-c1ccnc(N[C@H]2C[C@H](F)CN(C(=O)O)C2)n1. The Labute approximate surface area is 261 Å². The van der Waals surface area contributed by atoms with E-state index in [1.807, 2.05) is 0 Å². The van der Waals surface area contributed by atoms with Gasteiger partial charge in [-0.3, -0.25) is 4.72 Å². The molecule has 0 spiro atoms. The number of nitrogens with one attached hydrogen (secondary N) is 2. The highest BCUT2D eigenvalue weighted by Gasteiger charge is 2.30. The topological polar surface area (TPSA) is 147 Å². The zero-order chi connectivity index (χ0) is 33.2. The summed E-state index contributed by atoms with van der Waals surface area (Å²) < 4.78 is 89.4. The van der Waals surface area contributed by atoms with Crippen LogP contribution in [-0.2, 0) is 10.0 Å². The van der Waals surface area contributed by atoms with Crippen molar-refractivity contribution in [3.05, 3.63) is 66.2 Å². The molecular formula is C30H30F4N6O5S. The molecule has 1 aliphatic heterocycles. The van der Waals surface area contributed by atoms with Crippen LogP contribution in [0.1, 0.15) is 25.3 Å². The Balaban J connectivity index is 1.45. The quantitative estimate of drug-likeness (QED) is 0.168.